The summed E-state index contributed by atoms with van der Waals surface area (Å²) < 4.78 is 0. The predicted octanol–water partition coefficient (Wildman–Crippen LogP) is 2.14. The second-order valence-electron chi connectivity index (χ2n) is 6.15. The van der Waals surface area contributed by atoms with Gasteiger partial charge in [0.25, 0.3) is 5.56 Å². The number of piperidine rings is 1. The van der Waals surface area contributed by atoms with Crippen molar-refractivity contribution in [1.29, 1.82) is 0 Å². The molecule has 2 heterocycles. The van der Waals surface area contributed by atoms with Crippen LogP contribution in [0.4, 0.5) is 0 Å². The maximum absolute atomic E-state index is 12.1. The van der Waals surface area contributed by atoms with E-state index in [1.807, 2.05) is 0 Å². The number of rotatable bonds is 3. The molecule has 1 saturated heterocycles. The summed E-state index contributed by atoms with van der Waals surface area (Å²) in [5, 5.41) is 1.08. The van der Waals surface area contributed by atoms with E-state index >= 15 is 0 Å². The summed E-state index contributed by atoms with van der Waals surface area (Å²) in [6.45, 7) is 4.73. The first-order valence-electron chi connectivity index (χ1n) is 7.69. The Morgan fingerprint density at radius 1 is 1.45 bits per heavy atom. The fourth-order valence-corrected chi connectivity index (χ4v) is 3.25. The highest BCUT2D eigenvalue weighted by Gasteiger charge is 2.22. The standard InChI is InChI=1S/C16H21ClN4O/c1-10(18)11-4-6-21(7-5-11)9-15-19-14-3-2-12(17)8-13(14)16(22)20-15/h2-3,8,10-11H,4-7,9,18H2,1H3,(H,19,20,22). The van der Waals surface area contributed by atoms with Gasteiger partial charge in [-0.2, -0.15) is 0 Å². The van der Waals surface area contributed by atoms with Gasteiger partial charge in [-0.25, -0.2) is 4.98 Å². The van der Waals surface area contributed by atoms with Gasteiger partial charge in [-0.15, -0.1) is 0 Å². The van der Waals surface area contributed by atoms with Crippen molar-refractivity contribution in [2.45, 2.75) is 32.4 Å². The minimum absolute atomic E-state index is 0.132. The lowest BCUT2D eigenvalue weighted by Crippen LogP contribution is -2.39. The molecule has 2 aromatic rings. The number of likely N-dealkylation sites (tertiary alicyclic amines) is 1. The summed E-state index contributed by atoms with van der Waals surface area (Å²) in [6.07, 6.45) is 2.20. The van der Waals surface area contributed by atoms with Gasteiger partial charge < -0.3 is 10.7 Å². The van der Waals surface area contributed by atoms with E-state index < -0.39 is 0 Å². The van der Waals surface area contributed by atoms with Crippen LogP contribution in [-0.2, 0) is 6.54 Å². The van der Waals surface area contributed by atoms with E-state index in [2.05, 4.69) is 21.8 Å². The van der Waals surface area contributed by atoms with Crippen LogP contribution in [0.1, 0.15) is 25.6 Å². The molecule has 5 nitrogen and oxygen atoms in total. The molecule has 1 aromatic heterocycles. The Labute approximate surface area is 134 Å². The van der Waals surface area contributed by atoms with Crippen molar-refractivity contribution in [1.82, 2.24) is 14.9 Å². The highest BCUT2D eigenvalue weighted by atomic mass is 35.5. The molecule has 1 unspecified atom stereocenters. The molecule has 0 saturated carbocycles. The Kier molecular flexibility index (Phi) is 4.47. The molecule has 0 radical (unpaired) electrons. The molecule has 0 spiro atoms. The van der Waals surface area contributed by atoms with E-state index in [0.717, 1.165) is 25.9 Å². The van der Waals surface area contributed by atoms with Crippen molar-refractivity contribution < 1.29 is 0 Å². The Bertz CT molecular complexity index is 720. The van der Waals surface area contributed by atoms with Crippen LogP contribution in [0.5, 0.6) is 0 Å². The smallest absolute Gasteiger partial charge is 0.258 e. The van der Waals surface area contributed by atoms with Crippen LogP contribution in [0.2, 0.25) is 5.02 Å². The highest BCUT2D eigenvalue weighted by Crippen LogP contribution is 2.21. The molecule has 118 valence electrons. The van der Waals surface area contributed by atoms with Crippen LogP contribution < -0.4 is 11.3 Å². The van der Waals surface area contributed by atoms with Crippen LogP contribution >= 0.6 is 11.6 Å². The molecule has 3 N–H and O–H groups in total. The van der Waals surface area contributed by atoms with Gasteiger partial charge in [-0.3, -0.25) is 9.69 Å². The van der Waals surface area contributed by atoms with Crippen LogP contribution in [0.25, 0.3) is 10.9 Å². The molecule has 0 aliphatic carbocycles. The van der Waals surface area contributed by atoms with E-state index in [9.17, 15) is 4.79 Å². The van der Waals surface area contributed by atoms with E-state index in [1.165, 1.54) is 0 Å². The minimum atomic E-state index is -0.132. The lowest BCUT2D eigenvalue weighted by Gasteiger charge is -2.33. The molecular formula is C16H21ClN4O. The highest BCUT2D eigenvalue weighted by molar-refractivity contribution is 6.31. The fourth-order valence-electron chi connectivity index (χ4n) is 3.08. The Balaban J connectivity index is 1.75. The third-order valence-electron chi connectivity index (χ3n) is 4.47. The second kappa shape index (κ2) is 6.36. The average Bonchev–Trinajstić information content (AvgIpc) is 2.49. The van der Waals surface area contributed by atoms with Crippen LogP contribution in [0, 0.1) is 5.92 Å². The zero-order chi connectivity index (χ0) is 15.7. The van der Waals surface area contributed by atoms with Gasteiger partial charge in [0, 0.05) is 11.1 Å². The summed E-state index contributed by atoms with van der Waals surface area (Å²) >= 11 is 5.93. The normalized spacial score (nSPS) is 18.7. The van der Waals surface area contributed by atoms with Crippen molar-refractivity contribution in [3.05, 3.63) is 39.4 Å². The number of hydrogen-bond donors (Lipinski definition) is 2. The SMILES string of the molecule is CC(N)C1CCN(Cc2nc3ccc(Cl)cc3c(=O)[nH]2)CC1. The van der Waals surface area contributed by atoms with Crippen molar-refractivity contribution in [2.75, 3.05) is 13.1 Å². The number of aromatic nitrogens is 2. The first-order chi connectivity index (χ1) is 10.5. The molecule has 1 atom stereocenters. The number of halogens is 1. The van der Waals surface area contributed by atoms with Gasteiger partial charge in [-0.05, 0) is 57.0 Å². The molecule has 3 rings (SSSR count). The molecule has 1 aromatic carbocycles. The average molecular weight is 321 g/mol. The van der Waals surface area contributed by atoms with Crippen molar-refractivity contribution in [3.8, 4) is 0 Å². The van der Waals surface area contributed by atoms with E-state index in [1.54, 1.807) is 18.2 Å². The van der Waals surface area contributed by atoms with Crippen LogP contribution in [0.15, 0.2) is 23.0 Å². The lowest BCUT2D eigenvalue weighted by molar-refractivity contribution is 0.162. The maximum Gasteiger partial charge on any atom is 0.258 e. The number of H-pyrrole nitrogens is 1. The summed E-state index contributed by atoms with van der Waals surface area (Å²) in [7, 11) is 0. The summed E-state index contributed by atoms with van der Waals surface area (Å²) in [4.78, 5) is 21.9. The van der Waals surface area contributed by atoms with E-state index in [-0.39, 0.29) is 11.6 Å². The summed E-state index contributed by atoms with van der Waals surface area (Å²) in [6, 6.07) is 5.46. The van der Waals surface area contributed by atoms with E-state index in [4.69, 9.17) is 17.3 Å². The van der Waals surface area contributed by atoms with E-state index in [0.29, 0.717) is 34.2 Å². The molecule has 1 aliphatic heterocycles. The monoisotopic (exact) mass is 320 g/mol. The Morgan fingerprint density at radius 2 is 2.18 bits per heavy atom. The van der Waals surface area contributed by atoms with Crippen LogP contribution in [-0.4, -0.2) is 34.0 Å². The third kappa shape index (κ3) is 3.32. The summed E-state index contributed by atoms with van der Waals surface area (Å²) in [5.74, 6) is 1.31. The number of fused-ring (bicyclic) bond motifs is 1. The number of nitrogens with one attached hydrogen (secondary N) is 1. The van der Waals surface area contributed by atoms with Crippen molar-refractivity contribution in [2.24, 2.45) is 11.7 Å². The number of aromatic amines is 1. The molecular weight excluding hydrogens is 300 g/mol. The molecule has 1 fully saturated rings. The number of hydrogen-bond acceptors (Lipinski definition) is 4. The lowest BCUT2D eigenvalue weighted by atomic mass is 9.91. The number of nitrogens with two attached hydrogens (primary N) is 1. The Hall–Kier alpha value is -1.43. The van der Waals surface area contributed by atoms with Gasteiger partial charge in [0.1, 0.15) is 5.82 Å². The zero-order valence-corrected chi connectivity index (χ0v) is 13.4. The van der Waals surface area contributed by atoms with Gasteiger partial charge in [0.05, 0.1) is 17.4 Å². The molecule has 6 heteroatoms. The summed E-state index contributed by atoms with van der Waals surface area (Å²) in [5.41, 5.74) is 6.53. The van der Waals surface area contributed by atoms with Crippen molar-refractivity contribution >= 4 is 22.5 Å². The van der Waals surface area contributed by atoms with Crippen molar-refractivity contribution in [3.63, 3.8) is 0 Å². The first kappa shape index (κ1) is 15.5. The largest absolute Gasteiger partial charge is 0.328 e. The van der Waals surface area contributed by atoms with Gasteiger partial charge in [0.15, 0.2) is 0 Å². The molecule has 0 amide bonds. The molecule has 1 aliphatic rings. The quantitative estimate of drug-likeness (QED) is 0.908. The van der Waals surface area contributed by atoms with Gasteiger partial charge >= 0.3 is 0 Å². The zero-order valence-electron chi connectivity index (χ0n) is 12.7. The Morgan fingerprint density at radius 3 is 2.86 bits per heavy atom. The number of benzene rings is 1. The predicted molar refractivity (Wildman–Crippen MR) is 89.0 cm³/mol. The number of nitrogens with zero attached hydrogens (tertiary/aromatic N) is 2. The second-order valence-corrected chi connectivity index (χ2v) is 6.58. The fraction of sp³-hybridized carbons (Fsp3) is 0.500. The topological polar surface area (TPSA) is 75.0 Å². The van der Waals surface area contributed by atoms with Crippen LogP contribution in [0.3, 0.4) is 0 Å². The first-order valence-corrected chi connectivity index (χ1v) is 8.07. The van der Waals surface area contributed by atoms with Gasteiger partial charge in [-0.1, -0.05) is 11.6 Å². The van der Waals surface area contributed by atoms with Gasteiger partial charge in [0.2, 0.25) is 0 Å². The minimum Gasteiger partial charge on any atom is -0.328 e. The maximum atomic E-state index is 12.1. The third-order valence-corrected chi connectivity index (χ3v) is 4.70. The molecule has 22 heavy (non-hydrogen) atoms. The molecule has 0 bridgehead atoms.